The molecule has 0 bridgehead atoms. The van der Waals surface area contributed by atoms with E-state index in [0.29, 0.717) is 11.3 Å². The molecule has 0 amide bonds. The van der Waals surface area contributed by atoms with Crippen LogP contribution in [0.4, 0.5) is 0 Å². The fourth-order valence-corrected chi connectivity index (χ4v) is 3.15. The highest BCUT2D eigenvalue weighted by Gasteiger charge is 2.22. The van der Waals surface area contributed by atoms with E-state index in [1.54, 1.807) is 6.08 Å². The normalized spacial score (nSPS) is 15.5. The summed E-state index contributed by atoms with van der Waals surface area (Å²) in [5, 5.41) is 2.31. The summed E-state index contributed by atoms with van der Waals surface area (Å²) in [6, 6.07) is 20.2. The van der Waals surface area contributed by atoms with Gasteiger partial charge < -0.3 is 4.74 Å². The van der Waals surface area contributed by atoms with Crippen molar-refractivity contribution >= 4 is 44.5 Å². The largest absolute Gasteiger partial charge is 0.422 e. The second-order valence-corrected chi connectivity index (χ2v) is 7.03. The monoisotopic (exact) mass is 390 g/mol. The highest BCUT2D eigenvalue weighted by molar-refractivity contribution is 9.10. The van der Waals surface area contributed by atoms with Crippen LogP contribution in [0.5, 0.6) is 0 Å². The molecule has 3 aromatic carbocycles. The number of cyclic esters (lactones) is 1. The molecule has 122 valence electrons. The third-order valence-corrected chi connectivity index (χ3v) is 4.73. The lowest BCUT2D eigenvalue weighted by molar-refractivity contribution is -0.130. The highest BCUT2D eigenvalue weighted by Crippen LogP contribution is 2.30. The molecule has 0 fully saturated rings. The van der Waals surface area contributed by atoms with Gasteiger partial charge in [-0.05, 0) is 53.6 Å². The maximum absolute atomic E-state index is 12.2. The molecule has 0 saturated heterocycles. The quantitative estimate of drug-likeness (QED) is 0.402. The Labute approximate surface area is 154 Å². The molecule has 0 radical (unpaired) electrons. The summed E-state index contributed by atoms with van der Waals surface area (Å²) in [6.45, 7) is 2.08. The van der Waals surface area contributed by atoms with Crippen LogP contribution >= 0.6 is 15.9 Å². The van der Waals surface area contributed by atoms with Gasteiger partial charge in [-0.2, -0.15) is 0 Å². The van der Waals surface area contributed by atoms with Gasteiger partial charge in [-0.25, -0.2) is 4.79 Å². The van der Waals surface area contributed by atoms with Gasteiger partial charge in [0.05, 0.1) is 5.57 Å². The molecule has 3 heteroatoms. The smallest absolute Gasteiger partial charge is 0.343 e. The summed E-state index contributed by atoms with van der Waals surface area (Å²) >= 11 is 3.41. The molecule has 1 heterocycles. The molecule has 0 atom stereocenters. The van der Waals surface area contributed by atoms with Crippen LogP contribution in [-0.2, 0) is 9.53 Å². The van der Waals surface area contributed by atoms with Gasteiger partial charge in [-0.1, -0.05) is 64.0 Å². The summed E-state index contributed by atoms with van der Waals surface area (Å²) in [5.41, 5.74) is 3.65. The second kappa shape index (κ2) is 6.34. The topological polar surface area (TPSA) is 26.3 Å². The second-order valence-electron chi connectivity index (χ2n) is 6.11. The Morgan fingerprint density at radius 1 is 0.920 bits per heavy atom. The Bertz CT molecular complexity index is 1040. The van der Waals surface area contributed by atoms with Crippen molar-refractivity contribution in [2.24, 2.45) is 0 Å². The average Bonchev–Trinajstić information content (AvgIpc) is 2.97. The van der Waals surface area contributed by atoms with E-state index in [4.69, 9.17) is 4.74 Å². The van der Waals surface area contributed by atoms with Crippen LogP contribution in [0.2, 0.25) is 0 Å². The molecule has 3 aromatic rings. The zero-order chi connectivity index (χ0) is 17.4. The Balaban J connectivity index is 1.70. The van der Waals surface area contributed by atoms with Crippen molar-refractivity contribution in [2.75, 3.05) is 0 Å². The van der Waals surface area contributed by atoms with Gasteiger partial charge >= 0.3 is 5.97 Å². The summed E-state index contributed by atoms with van der Waals surface area (Å²) in [7, 11) is 0. The minimum atomic E-state index is -0.318. The minimum Gasteiger partial charge on any atom is -0.422 e. The van der Waals surface area contributed by atoms with Crippen molar-refractivity contribution in [2.45, 2.75) is 6.92 Å². The van der Waals surface area contributed by atoms with Crippen LogP contribution < -0.4 is 0 Å². The van der Waals surface area contributed by atoms with Gasteiger partial charge in [0.15, 0.2) is 0 Å². The van der Waals surface area contributed by atoms with E-state index in [0.717, 1.165) is 21.0 Å². The summed E-state index contributed by atoms with van der Waals surface area (Å²) in [4.78, 5) is 12.2. The highest BCUT2D eigenvalue weighted by atomic mass is 79.9. The summed E-state index contributed by atoms with van der Waals surface area (Å²) in [6.07, 6.45) is 3.64. The Morgan fingerprint density at radius 3 is 2.44 bits per heavy atom. The molecule has 0 aromatic heterocycles. The molecular weight excluding hydrogens is 376 g/mol. The first-order chi connectivity index (χ1) is 12.1. The van der Waals surface area contributed by atoms with Crippen LogP contribution in [0.15, 0.2) is 76.8 Å². The van der Waals surface area contributed by atoms with Gasteiger partial charge in [0, 0.05) is 10.0 Å². The predicted molar refractivity (Wildman–Crippen MR) is 105 cm³/mol. The van der Waals surface area contributed by atoms with Gasteiger partial charge in [-0.15, -0.1) is 0 Å². The molecule has 0 spiro atoms. The van der Waals surface area contributed by atoms with E-state index >= 15 is 0 Å². The standard InChI is InChI=1S/C22H15BrO2/c1-14-2-5-17-12-18(7-6-16(17)10-14)21-13-19(22(24)25-21)11-15-3-8-20(23)9-4-15/h2-13H,1H3. The fraction of sp³-hybridized carbons (Fsp3) is 0.0455. The van der Waals surface area contributed by atoms with Crippen molar-refractivity contribution in [3.05, 3.63) is 93.5 Å². The number of carbonyl (C=O) groups excluding carboxylic acids is 1. The first-order valence-electron chi connectivity index (χ1n) is 8.00. The first kappa shape index (κ1) is 15.9. The van der Waals surface area contributed by atoms with E-state index < -0.39 is 0 Å². The average molecular weight is 391 g/mol. The summed E-state index contributed by atoms with van der Waals surface area (Å²) < 4.78 is 6.48. The third kappa shape index (κ3) is 3.28. The molecule has 0 saturated carbocycles. The van der Waals surface area contributed by atoms with E-state index in [1.165, 1.54) is 10.9 Å². The molecule has 0 unspecified atom stereocenters. The van der Waals surface area contributed by atoms with Gasteiger partial charge in [-0.3, -0.25) is 0 Å². The predicted octanol–water partition coefficient (Wildman–Crippen LogP) is 5.89. The van der Waals surface area contributed by atoms with E-state index in [2.05, 4.69) is 53.2 Å². The number of fused-ring (bicyclic) bond motifs is 1. The van der Waals surface area contributed by atoms with Crippen LogP contribution in [0.1, 0.15) is 16.7 Å². The van der Waals surface area contributed by atoms with Gasteiger partial charge in [0.1, 0.15) is 5.76 Å². The Hall–Kier alpha value is -2.65. The lowest BCUT2D eigenvalue weighted by Gasteiger charge is -2.05. The molecule has 0 aliphatic carbocycles. The molecule has 1 aliphatic heterocycles. The Kier molecular flexibility index (Phi) is 4.02. The number of esters is 1. The molecule has 25 heavy (non-hydrogen) atoms. The number of halogens is 1. The maximum Gasteiger partial charge on any atom is 0.343 e. The zero-order valence-electron chi connectivity index (χ0n) is 13.6. The fourth-order valence-electron chi connectivity index (χ4n) is 2.89. The van der Waals surface area contributed by atoms with Crippen molar-refractivity contribution in [1.82, 2.24) is 0 Å². The number of hydrogen-bond donors (Lipinski definition) is 0. The summed E-state index contributed by atoms with van der Waals surface area (Å²) in [5.74, 6) is 0.276. The van der Waals surface area contributed by atoms with Crippen LogP contribution in [0.3, 0.4) is 0 Å². The number of rotatable bonds is 2. The van der Waals surface area contributed by atoms with Crippen molar-refractivity contribution < 1.29 is 9.53 Å². The molecular formula is C22H15BrO2. The first-order valence-corrected chi connectivity index (χ1v) is 8.80. The van der Waals surface area contributed by atoms with E-state index in [9.17, 15) is 4.79 Å². The lowest BCUT2D eigenvalue weighted by Crippen LogP contribution is -1.97. The van der Waals surface area contributed by atoms with E-state index in [1.807, 2.05) is 36.4 Å². The van der Waals surface area contributed by atoms with E-state index in [-0.39, 0.29) is 5.97 Å². The molecule has 4 rings (SSSR count). The van der Waals surface area contributed by atoms with Crippen molar-refractivity contribution in [3.63, 3.8) is 0 Å². The lowest BCUT2D eigenvalue weighted by atomic mass is 10.0. The van der Waals surface area contributed by atoms with Crippen LogP contribution in [0.25, 0.3) is 22.6 Å². The third-order valence-electron chi connectivity index (χ3n) is 4.20. The van der Waals surface area contributed by atoms with Crippen molar-refractivity contribution in [3.8, 4) is 0 Å². The number of carbonyl (C=O) groups is 1. The SMILES string of the molecule is Cc1ccc2cc(C3=CC(=Cc4ccc(Br)cc4)C(=O)O3)ccc2c1. The Morgan fingerprint density at radius 2 is 1.64 bits per heavy atom. The zero-order valence-corrected chi connectivity index (χ0v) is 15.2. The molecule has 1 aliphatic rings. The number of ether oxygens (including phenoxy) is 1. The van der Waals surface area contributed by atoms with Crippen molar-refractivity contribution in [1.29, 1.82) is 0 Å². The van der Waals surface area contributed by atoms with Crippen LogP contribution in [0, 0.1) is 6.92 Å². The van der Waals surface area contributed by atoms with Gasteiger partial charge in [0.25, 0.3) is 0 Å². The number of aryl methyl sites for hydroxylation is 1. The van der Waals surface area contributed by atoms with Gasteiger partial charge in [0.2, 0.25) is 0 Å². The van der Waals surface area contributed by atoms with Crippen LogP contribution in [-0.4, -0.2) is 5.97 Å². The number of benzene rings is 3. The molecule has 0 N–H and O–H groups in total. The molecule has 2 nitrogen and oxygen atoms in total. The minimum absolute atomic E-state index is 0.318. The number of hydrogen-bond acceptors (Lipinski definition) is 2. The maximum atomic E-state index is 12.2.